The Hall–Kier alpha value is -1.38. The van der Waals surface area contributed by atoms with Gasteiger partial charge in [-0.05, 0) is 12.1 Å². The minimum absolute atomic E-state index is 0.0159. The van der Waals surface area contributed by atoms with E-state index in [4.69, 9.17) is 19.2 Å². The molecule has 0 saturated carbocycles. The summed E-state index contributed by atoms with van der Waals surface area (Å²) in [5, 5.41) is 26.2. The molecular formula is C8H9Cl2NO6S. The smallest absolute Gasteiger partial charge is 0.300 e. The van der Waals surface area contributed by atoms with E-state index in [1.54, 1.807) is 0 Å². The van der Waals surface area contributed by atoms with Gasteiger partial charge in [0.1, 0.15) is 5.75 Å². The number of nitro benzene ring substituents is 1. The van der Waals surface area contributed by atoms with E-state index in [0.717, 1.165) is 6.92 Å². The van der Waals surface area contributed by atoms with Gasteiger partial charge < -0.3 is 10.2 Å². The van der Waals surface area contributed by atoms with Gasteiger partial charge in [-0.25, -0.2) is 4.21 Å². The second kappa shape index (κ2) is 10.8. The molecule has 0 radical (unpaired) electrons. The number of phenolic OH excluding ortho intramolecular Hbond substituents is 1. The van der Waals surface area contributed by atoms with Gasteiger partial charge in [-0.1, -0.05) is 0 Å². The SMILES string of the molecule is CC(=O)O.O=S(Cl)Cl.O=[N+]([O-])c1ccc(O)cc1. The molecule has 0 bridgehead atoms. The fraction of sp³-hybridized carbons (Fsp3) is 0.125. The van der Waals surface area contributed by atoms with Crippen molar-refractivity contribution in [3.05, 3.63) is 34.4 Å². The summed E-state index contributed by atoms with van der Waals surface area (Å²) in [5.41, 5.74) is -0.0159. The van der Waals surface area contributed by atoms with E-state index in [1.165, 1.54) is 24.3 Å². The molecule has 0 saturated heterocycles. The number of benzene rings is 1. The van der Waals surface area contributed by atoms with Crippen molar-refractivity contribution >= 4 is 42.2 Å². The molecule has 1 rings (SSSR count). The lowest BCUT2D eigenvalue weighted by atomic mass is 10.3. The summed E-state index contributed by atoms with van der Waals surface area (Å²) in [4.78, 5) is 18.5. The Morgan fingerprint density at radius 2 is 1.61 bits per heavy atom. The van der Waals surface area contributed by atoms with Gasteiger partial charge in [-0.2, -0.15) is 0 Å². The fourth-order valence-electron chi connectivity index (χ4n) is 0.574. The third-order valence-electron chi connectivity index (χ3n) is 1.06. The third-order valence-corrected chi connectivity index (χ3v) is 1.06. The van der Waals surface area contributed by atoms with Gasteiger partial charge in [0.15, 0.2) is 0 Å². The predicted octanol–water partition coefficient (Wildman–Crippen LogP) is 2.43. The Balaban J connectivity index is 0. The van der Waals surface area contributed by atoms with Crippen molar-refractivity contribution in [2.24, 2.45) is 0 Å². The number of aliphatic carboxylic acids is 1. The normalized spacial score (nSPS) is 8.44. The van der Waals surface area contributed by atoms with Crippen LogP contribution in [0.4, 0.5) is 5.69 Å². The largest absolute Gasteiger partial charge is 0.508 e. The third kappa shape index (κ3) is 17.0. The highest BCUT2D eigenvalue weighted by Gasteiger charge is 2.01. The standard InChI is InChI=1S/C6H5NO3.C2H4O2.Cl2OS/c8-6-3-1-5(2-4-6)7(9)10;1-2(3)4;1-4(2)3/h1-4,8H;1H3,(H,3,4);. The monoisotopic (exact) mass is 317 g/mol. The second-order valence-corrected chi connectivity index (χ2v) is 5.00. The highest BCUT2D eigenvalue weighted by atomic mass is 36.0. The molecule has 0 aromatic heterocycles. The molecule has 0 aliphatic carbocycles. The number of aromatic hydroxyl groups is 1. The number of carbonyl (C=O) groups is 1. The van der Waals surface area contributed by atoms with Crippen molar-refractivity contribution in [2.45, 2.75) is 6.92 Å². The van der Waals surface area contributed by atoms with Gasteiger partial charge in [0.25, 0.3) is 11.7 Å². The van der Waals surface area contributed by atoms with Crippen LogP contribution in [0.25, 0.3) is 0 Å². The number of carboxylic acids is 1. The number of phenols is 1. The van der Waals surface area contributed by atoms with Crippen LogP contribution in [-0.4, -0.2) is 25.3 Å². The van der Waals surface area contributed by atoms with Crippen LogP contribution < -0.4 is 0 Å². The van der Waals surface area contributed by atoms with Crippen molar-refractivity contribution in [3.8, 4) is 5.75 Å². The van der Waals surface area contributed by atoms with E-state index >= 15 is 0 Å². The fourth-order valence-corrected chi connectivity index (χ4v) is 0.574. The number of nitro groups is 1. The Morgan fingerprint density at radius 3 is 1.83 bits per heavy atom. The zero-order chi connectivity index (χ0) is 14.7. The molecule has 1 aromatic rings. The molecule has 10 heteroatoms. The van der Waals surface area contributed by atoms with Gasteiger partial charge in [0.05, 0.1) is 4.92 Å². The minimum atomic E-state index is -1.67. The molecule has 0 unspecified atom stereocenters. The van der Waals surface area contributed by atoms with Crippen LogP contribution in [0.3, 0.4) is 0 Å². The Kier molecular flexibility index (Phi) is 11.3. The average molecular weight is 318 g/mol. The van der Waals surface area contributed by atoms with E-state index in [2.05, 4.69) is 21.4 Å². The number of rotatable bonds is 1. The summed E-state index contributed by atoms with van der Waals surface area (Å²) in [6.45, 7) is 1.08. The Bertz CT molecular complexity index is 391. The predicted molar refractivity (Wildman–Crippen MR) is 67.9 cm³/mol. The average Bonchev–Trinajstić information content (AvgIpc) is 2.16. The van der Waals surface area contributed by atoms with Crippen LogP contribution in [0.2, 0.25) is 0 Å². The van der Waals surface area contributed by atoms with Crippen molar-refractivity contribution in [1.82, 2.24) is 0 Å². The van der Waals surface area contributed by atoms with Gasteiger partial charge in [-0.3, -0.25) is 14.9 Å². The molecule has 102 valence electrons. The molecule has 18 heavy (non-hydrogen) atoms. The number of non-ortho nitro benzene ring substituents is 1. The number of carboxylic acid groups (broad SMARTS) is 1. The number of halogens is 2. The molecule has 0 spiro atoms. The molecule has 0 atom stereocenters. The molecule has 0 heterocycles. The molecule has 0 amide bonds. The molecular weight excluding hydrogens is 309 g/mol. The first-order chi connectivity index (χ1) is 8.16. The lowest BCUT2D eigenvalue weighted by Crippen LogP contribution is -1.85. The highest BCUT2D eigenvalue weighted by molar-refractivity contribution is 8.26. The zero-order valence-corrected chi connectivity index (χ0v) is 11.3. The maximum atomic E-state index is 10.0. The van der Waals surface area contributed by atoms with Gasteiger partial charge in [-0.15, -0.1) is 0 Å². The first-order valence-electron chi connectivity index (χ1n) is 4.04. The highest BCUT2D eigenvalue weighted by Crippen LogP contribution is 2.14. The van der Waals surface area contributed by atoms with Crippen molar-refractivity contribution in [1.29, 1.82) is 0 Å². The topological polar surface area (TPSA) is 118 Å². The van der Waals surface area contributed by atoms with Crippen LogP contribution in [0.15, 0.2) is 24.3 Å². The summed E-state index contributed by atoms with van der Waals surface area (Å²) in [6, 6.07) is 5.04. The molecule has 1 aromatic carbocycles. The molecule has 2 N–H and O–H groups in total. The summed E-state index contributed by atoms with van der Waals surface area (Å²) in [6.07, 6.45) is 0. The van der Waals surface area contributed by atoms with Gasteiger partial charge >= 0.3 is 0 Å². The number of nitrogens with zero attached hydrogens (tertiary/aromatic N) is 1. The second-order valence-electron chi connectivity index (χ2n) is 2.48. The molecule has 0 fully saturated rings. The van der Waals surface area contributed by atoms with E-state index in [1.807, 2.05) is 0 Å². The molecule has 7 nitrogen and oxygen atoms in total. The van der Waals surface area contributed by atoms with Crippen LogP contribution in [0.5, 0.6) is 5.75 Å². The van der Waals surface area contributed by atoms with E-state index < -0.39 is 20.1 Å². The summed E-state index contributed by atoms with van der Waals surface area (Å²) >= 11 is 0. The van der Waals surface area contributed by atoms with Crippen molar-refractivity contribution in [3.63, 3.8) is 0 Å². The quantitative estimate of drug-likeness (QED) is 0.466. The maximum absolute atomic E-state index is 10.0. The molecule has 0 aliphatic rings. The van der Waals surface area contributed by atoms with Crippen LogP contribution in [0.1, 0.15) is 6.92 Å². The van der Waals surface area contributed by atoms with E-state index in [-0.39, 0.29) is 11.4 Å². The summed E-state index contributed by atoms with van der Waals surface area (Å²) in [7, 11) is 7.36. The van der Waals surface area contributed by atoms with Gasteiger partial charge in [0.2, 0.25) is 9.23 Å². The lowest BCUT2D eigenvalue weighted by molar-refractivity contribution is -0.384. The summed E-state index contributed by atoms with van der Waals surface area (Å²) in [5.74, 6) is -0.800. The van der Waals surface area contributed by atoms with Crippen LogP contribution in [-0.2, 0) is 14.0 Å². The summed E-state index contributed by atoms with van der Waals surface area (Å²) < 4.78 is 9.09. The minimum Gasteiger partial charge on any atom is -0.508 e. The van der Waals surface area contributed by atoms with Crippen LogP contribution >= 0.6 is 21.4 Å². The number of hydrogen-bond donors (Lipinski definition) is 2. The van der Waals surface area contributed by atoms with E-state index in [9.17, 15) is 10.1 Å². The first kappa shape index (κ1) is 19.0. The van der Waals surface area contributed by atoms with E-state index in [0.29, 0.717) is 0 Å². The molecule has 0 aliphatic heterocycles. The zero-order valence-electron chi connectivity index (χ0n) is 8.95. The number of hydrogen-bond acceptors (Lipinski definition) is 5. The first-order valence-corrected chi connectivity index (χ1v) is 6.84. The van der Waals surface area contributed by atoms with Gasteiger partial charge in [0, 0.05) is 40.4 Å². The van der Waals surface area contributed by atoms with Crippen molar-refractivity contribution in [2.75, 3.05) is 0 Å². The Morgan fingerprint density at radius 1 is 1.33 bits per heavy atom. The Labute approximate surface area is 114 Å². The van der Waals surface area contributed by atoms with Crippen molar-refractivity contribution < 1.29 is 24.1 Å². The van der Waals surface area contributed by atoms with Crippen LogP contribution in [0, 0.1) is 10.1 Å². The maximum Gasteiger partial charge on any atom is 0.300 e. The lowest BCUT2D eigenvalue weighted by Gasteiger charge is -1.89.